The topological polar surface area (TPSA) is 89.2 Å². The van der Waals surface area contributed by atoms with Crippen molar-refractivity contribution in [2.45, 2.75) is 64.9 Å². The third-order valence-electron chi connectivity index (χ3n) is 8.60. The number of ether oxygens (including phenoxy) is 2. The Bertz CT molecular complexity index is 1640. The van der Waals surface area contributed by atoms with Crippen molar-refractivity contribution in [3.63, 3.8) is 0 Å². The highest BCUT2D eigenvalue weighted by Crippen LogP contribution is 2.40. The molecule has 1 fully saturated rings. The molecule has 8 nitrogen and oxygen atoms in total. The van der Waals surface area contributed by atoms with Crippen LogP contribution in [-0.4, -0.2) is 57.6 Å². The van der Waals surface area contributed by atoms with Crippen LogP contribution in [0, 0.1) is 13.8 Å². The van der Waals surface area contributed by atoms with E-state index in [1.54, 1.807) is 0 Å². The maximum absolute atomic E-state index is 11.9. The summed E-state index contributed by atoms with van der Waals surface area (Å²) in [4.78, 5) is 19.0. The number of carboxylic acids is 1. The van der Waals surface area contributed by atoms with E-state index in [1.807, 2.05) is 35.7 Å². The molecule has 0 radical (unpaired) electrons. The molecule has 3 aliphatic rings. The summed E-state index contributed by atoms with van der Waals surface area (Å²) in [5.41, 5.74) is 6.48. The number of hydrogen-bond acceptors (Lipinski definition) is 6. The number of benzene rings is 2. The van der Waals surface area contributed by atoms with Gasteiger partial charge in [0, 0.05) is 48.1 Å². The molecule has 0 spiro atoms. The Labute approximate surface area is 251 Å². The second-order valence-corrected chi connectivity index (χ2v) is 12.1. The number of aromatic nitrogens is 3. The Morgan fingerprint density at radius 1 is 1.07 bits per heavy atom. The van der Waals surface area contributed by atoms with Crippen LogP contribution in [0.15, 0.2) is 42.5 Å². The minimum atomic E-state index is -0.888. The number of carbonyl (C=O) groups is 1. The summed E-state index contributed by atoms with van der Waals surface area (Å²) >= 11 is 6.79. The van der Waals surface area contributed by atoms with Crippen LogP contribution in [0.25, 0.3) is 28.0 Å². The number of aliphatic carboxylic acids is 1. The van der Waals surface area contributed by atoms with Crippen LogP contribution in [0.5, 0.6) is 5.75 Å². The number of carboxylic acid groups (broad SMARTS) is 1. The Kier molecular flexibility index (Phi) is 7.85. The van der Waals surface area contributed by atoms with Crippen LogP contribution in [0.1, 0.15) is 55.8 Å². The summed E-state index contributed by atoms with van der Waals surface area (Å²) in [6.07, 6.45) is 4.48. The fourth-order valence-corrected chi connectivity index (χ4v) is 6.38. The van der Waals surface area contributed by atoms with E-state index >= 15 is 0 Å². The molecule has 3 aliphatic heterocycles. The summed E-state index contributed by atoms with van der Waals surface area (Å²) < 4.78 is 14.5. The van der Waals surface area contributed by atoms with Gasteiger partial charge in [-0.2, -0.15) is 9.61 Å². The number of fused-ring (bicyclic) bond motifs is 8. The number of hydrogen-bond donors (Lipinski definition) is 1. The zero-order valence-electron chi connectivity index (χ0n) is 24.5. The lowest BCUT2D eigenvalue weighted by Crippen LogP contribution is -2.45. The highest BCUT2D eigenvalue weighted by molar-refractivity contribution is 6.33. The molecule has 4 aromatic rings. The first-order chi connectivity index (χ1) is 20.2. The van der Waals surface area contributed by atoms with E-state index in [4.69, 9.17) is 31.2 Å². The normalized spacial score (nSPS) is 17.2. The fourth-order valence-electron chi connectivity index (χ4n) is 6.11. The first kappa shape index (κ1) is 28.5. The molecular formula is C33H37ClN4O4. The van der Waals surface area contributed by atoms with E-state index in [-0.39, 0.29) is 12.0 Å². The minimum Gasteiger partial charge on any atom is -0.493 e. The van der Waals surface area contributed by atoms with Crippen molar-refractivity contribution in [2.75, 3.05) is 31.2 Å². The highest BCUT2D eigenvalue weighted by atomic mass is 35.5. The van der Waals surface area contributed by atoms with Crippen molar-refractivity contribution < 1.29 is 19.4 Å². The quantitative estimate of drug-likeness (QED) is 0.272. The summed E-state index contributed by atoms with van der Waals surface area (Å²) in [5.74, 6) is 0.677. The smallest absolute Gasteiger partial charge is 0.308 e. The van der Waals surface area contributed by atoms with Crippen molar-refractivity contribution in [1.82, 2.24) is 14.6 Å². The standard InChI is InChI=1S/C33H37ClN4O4/c1-21-10-11-23-18-24(21)31-26(34)8-7-9-28(31)41-16-5-4-6-17-42-33(3)12-14-37(15-13-33)32-25(19-30(39)40)22(2)35-29-20-27(23)36-38(29)32/h7-11,18,20H,4-6,12-17,19H2,1-3H3,(H,39,40). The van der Waals surface area contributed by atoms with E-state index in [1.165, 1.54) is 0 Å². The number of aryl methyl sites for hydroxylation is 2. The molecule has 1 saturated heterocycles. The fraction of sp³-hybridized carbons (Fsp3) is 0.424. The molecule has 5 heterocycles. The summed E-state index contributed by atoms with van der Waals surface area (Å²) in [6, 6.07) is 14.0. The molecule has 6 bridgehead atoms. The van der Waals surface area contributed by atoms with Gasteiger partial charge in [-0.15, -0.1) is 0 Å². The second-order valence-electron chi connectivity index (χ2n) is 11.7. The molecule has 9 heteroatoms. The number of nitrogens with zero attached hydrogens (tertiary/aromatic N) is 4. The molecule has 0 aliphatic carbocycles. The zero-order chi connectivity index (χ0) is 29.4. The van der Waals surface area contributed by atoms with E-state index in [0.29, 0.717) is 35.1 Å². The molecule has 0 unspecified atom stereocenters. The Balaban J connectivity index is 1.52. The van der Waals surface area contributed by atoms with Crippen LogP contribution < -0.4 is 9.64 Å². The molecule has 0 atom stereocenters. The maximum atomic E-state index is 11.9. The second kappa shape index (κ2) is 11.6. The third kappa shape index (κ3) is 5.57. The van der Waals surface area contributed by atoms with Gasteiger partial charge in [0.2, 0.25) is 0 Å². The summed E-state index contributed by atoms with van der Waals surface area (Å²) in [5, 5.41) is 15.5. The van der Waals surface area contributed by atoms with Gasteiger partial charge in [0.15, 0.2) is 5.65 Å². The van der Waals surface area contributed by atoms with Gasteiger partial charge in [0.1, 0.15) is 11.6 Å². The lowest BCUT2D eigenvalue weighted by Gasteiger charge is -2.41. The number of piperidine rings is 1. The maximum Gasteiger partial charge on any atom is 0.308 e. The van der Waals surface area contributed by atoms with E-state index in [2.05, 4.69) is 36.9 Å². The molecule has 0 amide bonds. The predicted molar refractivity (Wildman–Crippen MR) is 165 cm³/mol. The number of rotatable bonds is 2. The minimum absolute atomic E-state index is 0.118. The lowest BCUT2D eigenvalue weighted by atomic mass is 9.92. The third-order valence-corrected chi connectivity index (χ3v) is 8.92. The molecule has 2 aromatic heterocycles. The van der Waals surface area contributed by atoms with Crippen LogP contribution in [-0.2, 0) is 16.0 Å². The van der Waals surface area contributed by atoms with Crippen LogP contribution in [0.4, 0.5) is 5.82 Å². The SMILES string of the molecule is Cc1ccc2cc1-c1c(Cl)cccc1OCCCCCOC1(C)CCN(CC1)c1c(CC(=O)O)c(C)nc3cc-2nn13. The highest BCUT2D eigenvalue weighted by Gasteiger charge is 2.33. The van der Waals surface area contributed by atoms with Crippen molar-refractivity contribution in [1.29, 1.82) is 0 Å². The molecular weight excluding hydrogens is 552 g/mol. The van der Waals surface area contributed by atoms with Gasteiger partial charge in [-0.05, 0) is 82.2 Å². The average Bonchev–Trinajstić information content (AvgIpc) is 3.37. The molecule has 2 aromatic carbocycles. The Hall–Kier alpha value is -3.62. The lowest BCUT2D eigenvalue weighted by molar-refractivity contribution is -0.136. The van der Waals surface area contributed by atoms with Gasteiger partial charge >= 0.3 is 5.97 Å². The van der Waals surface area contributed by atoms with Gasteiger partial charge < -0.3 is 19.5 Å². The predicted octanol–water partition coefficient (Wildman–Crippen LogP) is 6.90. The Morgan fingerprint density at radius 3 is 2.64 bits per heavy atom. The number of halogens is 1. The number of anilines is 1. The monoisotopic (exact) mass is 588 g/mol. The molecule has 0 saturated carbocycles. The van der Waals surface area contributed by atoms with Gasteiger partial charge in [-0.25, -0.2) is 4.98 Å². The van der Waals surface area contributed by atoms with E-state index in [9.17, 15) is 9.90 Å². The molecule has 220 valence electrons. The first-order valence-corrected chi connectivity index (χ1v) is 15.1. The average molecular weight is 589 g/mol. The van der Waals surface area contributed by atoms with Crippen molar-refractivity contribution >= 4 is 29.0 Å². The first-order valence-electron chi connectivity index (χ1n) is 14.8. The van der Waals surface area contributed by atoms with Gasteiger partial charge in [-0.1, -0.05) is 29.8 Å². The summed E-state index contributed by atoms with van der Waals surface area (Å²) in [7, 11) is 0. The zero-order valence-corrected chi connectivity index (χ0v) is 25.2. The molecule has 7 rings (SSSR count). The van der Waals surface area contributed by atoms with Crippen molar-refractivity contribution in [3.05, 3.63) is 64.3 Å². The van der Waals surface area contributed by atoms with E-state index in [0.717, 1.165) is 84.7 Å². The van der Waals surface area contributed by atoms with E-state index < -0.39 is 5.97 Å². The Morgan fingerprint density at radius 2 is 1.86 bits per heavy atom. The van der Waals surface area contributed by atoms with Crippen molar-refractivity contribution in [3.8, 4) is 28.1 Å². The van der Waals surface area contributed by atoms with Gasteiger partial charge in [-0.3, -0.25) is 4.79 Å². The van der Waals surface area contributed by atoms with Crippen LogP contribution in [0.3, 0.4) is 0 Å². The molecule has 42 heavy (non-hydrogen) atoms. The molecule has 1 N–H and O–H groups in total. The van der Waals surface area contributed by atoms with Crippen LogP contribution >= 0.6 is 11.6 Å². The van der Waals surface area contributed by atoms with Gasteiger partial charge in [0.25, 0.3) is 0 Å². The largest absolute Gasteiger partial charge is 0.493 e. The van der Waals surface area contributed by atoms with Gasteiger partial charge in [0.05, 0.1) is 29.3 Å². The van der Waals surface area contributed by atoms with Crippen LogP contribution in [0.2, 0.25) is 5.02 Å². The summed E-state index contributed by atoms with van der Waals surface area (Å²) in [6.45, 7) is 8.94. The van der Waals surface area contributed by atoms with Crippen molar-refractivity contribution in [2.24, 2.45) is 0 Å².